The van der Waals surface area contributed by atoms with E-state index in [2.05, 4.69) is 0 Å². The van der Waals surface area contributed by atoms with Gasteiger partial charge in [-0.25, -0.2) is 4.39 Å². The molecular formula is C18H25FN2O4. The van der Waals surface area contributed by atoms with Gasteiger partial charge in [0, 0.05) is 26.2 Å². The highest BCUT2D eigenvalue weighted by molar-refractivity contribution is 5.97. The van der Waals surface area contributed by atoms with Crippen LogP contribution in [0.5, 0.6) is 5.75 Å². The SMILES string of the molecule is NCCOc1ccc(F)cc1C(=O)N1CCC2(CC1)OCCCC2O. The van der Waals surface area contributed by atoms with Crippen molar-refractivity contribution in [2.45, 2.75) is 37.4 Å². The molecule has 2 aliphatic rings. The number of rotatable bonds is 4. The zero-order valence-corrected chi connectivity index (χ0v) is 14.2. The van der Waals surface area contributed by atoms with E-state index >= 15 is 0 Å². The Morgan fingerprint density at radius 1 is 1.44 bits per heavy atom. The van der Waals surface area contributed by atoms with E-state index in [0.717, 1.165) is 12.8 Å². The van der Waals surface area contributed by atoms with Crippen molar-refractivity contribution in [2.75, 3.05) is 32.8 Å². The molecule has 2 heterocycles. The second-order valence-corrected chi connectivity index (χ2v) is 6.64. The van der Waals surface area contributed by atoms with E-state index in [1.165, 1.54) is 18.2 Å². The van der Waals surface area contributed by atoms with E-state index in [4.69, 9.17) is 15.2 Å². The number of nitrogens with zero attached hydrogens (tertiary/aromatic N) is 1. The molecule has 0 radical (unpaired) electrons. The number of likely N-dealkylation sites (tertiary alicyclic amines) is 1. The van der Waals surface area contributed by atoms with Gasteiger partial charge in [-0.1, -0.05) is 0 Å². The Balaban J connectivity index is 1.71. The zero-order valence-electron chi connectivity index (χ0n) is 14.2. The Hall–Kier alpha value is -1.70. The summed E-state index contributed by atoms with van der Waals surface area (Å²) in [4.78, 5) is 14.5. The number of nitrogens with two attached hydrogens (primary N) is 1. The van der Waals surface area contributed by atoms with Crippen molar-refractivity contribution in [1.82, 2.24) is 4.90 Å². The molecule has 2 aliphatic heterocycles. The summed E-state index contributed by atoms with van der Waals surface area (Å²) in [5, 5.41) is 10.3. The number of halogens is 1. The number of carbonyl (C=O) groups excluding carboxylic acids is 1. The summed E-state index contributed by atoms with van der Waals surface area (Å²) in [5.41, 5.74) is 5.09. The Morgan fingerprint density at radius 2 is 2.20 bits per heavy atom. The minimum absolute atomic E-state index is 0.203. The molecule has 6 nitrogen and oxygen atoms in total. The maximum absolute atomic E-state index is 13.6. The summed E-state index contributed by atoms with van der Waals surface area (Å²) in [7, 11) is 0. The third-order valence-electron chi connectivity index (χ3n) is 5.06. The highest BCUT2D eigenvalue weighted by Crippen LogP contribution is 2.36. The molecule has 0 aromatic heterocycles. The fraction of sp³-hybridized carbons (Fsp3) is 0.611. The predicted molar refractivity (Wildman–Crippen MR) is 90.0 cm³/mol. The number of ether oxygens (including phenoxy) is 2. The van der Waals surface area contributed by atoms with Crippen LogP contribution in [0.2, 0.25) is 0 Å². The lowest BCUT2D eigenvalue weighted by atomic mass is 9.82. The molecule has 1 spiro atoms. The van der Waals surface area contributed by atoms with Gasteiger partial charge in [0.25, 0.3) is 5.91 Å². The van der Waals surface area contributed by atoms with Crippen molar-refractivity contribution in [3.63, 3.8) is 0 Å². The average Bonchev–Trinajstić information content (AvgIpc) is 2.63. The first-order valence-electron chi connectivity index (χ1n) is 8.79. The fourth-order valence-electron chi connectivity index (χ4n) is 3.61. The van der Waals surface area contributed by atoms with Crippen LogP contribution in [0.1, 0.15) is 36.0 Å². The quantitative estimate of drug-likeness (QED) is 0.853. The first-order chi connectivity index (χ1) is 12.1. The minimum Gasteiger partial charge on any atom is -0.491 e. The summed E-state index contributed by atoms with van der Waals surface area (Å²) in [6.45, 7) is 2.14. The number of aliphatic hydroxyl groups is 1. The molecule has 7 heteroatoms. The lowest BCUT2D eigenvalue weighted by Crippen LogP contribution is -2.56. The summed E-state index contributed by atoms with van der Waals surface area (Å²) in [6.07, 6.45) is 2.25. The number of hydrogen-bond acceptors (Lipinski definition) is 5. The first kappa shape index (κ1) is 18.1. The lowest BCUT2D eigenvalue weighted by Gasteiger charge is -2.46. The maximum Gasteiger partial charge on any atom is 0.257 e. The topological polar surface area (TPSA) is 85.0 Å². The molecule has 1 amide bonds. The van der Waals surface area contributed by atoms with Gasteiger partial charge < -0.3 is 25.2 Å². The molecule has 138 valence electrons. The summed E-state index contributed by atoms with van der Waals surface area (Å²) >= 11 is 0. The van der Waals surface area contributed by atoms with E-state index in [1.54, 1.807) is 4.90 Å². The maximum atomic E-state index is 13.6. The van der Waals surface area contributed by atoms with E-state index in [-0.39, 0.29) is 18.1 Å². The Labute approximate surface area is 146 Å². The van der Waals surface area contributed by atoms with Crippen LogP contribution in [-0.2, 0) is 4.74 Å². The van der Waals surface area contributed by atoms with Gasteiger partial charge in [0.2, 0.25) is 0 Å². The van der Waals surface area contributed by atoms with Crippen molar-refractivity contribution in [2.24, 2.45) is 5.73 Å². The largest absolute Gasteiger partial charge is 0.491 e. The van der Waals surface area contributed by atoms with Crippen LogP contribution in [0.25, 0.3) is 0 Å². The number of aliphatic hydroxyl groups excluding tert-OH is 1. The van der Waals surface area contributed by atoms with Gasteiger partial charge in [0.05, 0.1) is 17.3 Å². The van der Waals surface area contributed by atoms with Crippen LogP contribution in [0.3, 0.4) is 0 Å². The number of hydrogen-bond donors (Lipinski definition) is 2. The molecule has 3 N–H and O–H groups in total. The van der Waals surface area contributed by atoms with Gasteiger partial charge in [-0.15, -0.1) is 0 Å². The van der Waals surface area contributed by atoms with Crippen LogP contribution in [0, 0.1) is 5.82 Å². The molecule has 1 atom stereocenters. The fourth-order valence-corrected chi connectivity index (χ4v) is 3.61. The number of benzene rings is 1. The summed E-state index contributed by atoms with van der Waals surface area (Å²) in [6, 6.07) is 3.92. The summed E-state index contributed by atoms with van der Waals surface area (Å²) in [5.74, 6) is -0.416. The standard InChI is InChI=1S/C18H25FN2O4/c19-13-3-4-15(24-11-7-20)14(12-13)17(23)21-8-5-18(6-9-21)16(22)2-1-10-25-18/h3-4,12,16,22H,1-2,5-11,20H2. The van der Waals surface area contributed by atoms with Crippen LogP contribution < -0.4 is 10.5 Å². The van der Waals surface area contributed by atoms with Crippen LogP contribution in [0.4, 0.5) is 4.39 Å². The van der Waals surface area contributed by atoms with Crippen molar-refractivity contribution in [1.29, 1.82) is 0 Å². The van der Waals surface area contributed by atoms with Crippen LogP contribution in [0.15, 0.2) is 18.2 Å². The van der Waals surface area contributed by atoms with Gasteiger partial charge in [0.1, 0.15) is 18.2 Å². The molecule has 1 aromatic rings. The molecule has 2 fully saturated rings. The minimum atomic E-state index is -0.546. The van der Waals surface area contributed by atoms with Gasteiger partial charge in [-0.2, -0.15) is 0 Å². The van der Waals surface area contributed by atoms with E-state index in [0.29, 0.717) is 44.8 Å². The Kier molecular flexibility index (Phi) is 5.56. The Bertz CT molecular complexity index is 617. The smallest absolute Gasteiger partial charge is 0.257 e. The van der Waals surface area contributed by atoms with Crippen molar-refractivity contribution >= 4 is 5.91 Å². The van der Waals surface area contributed by atoms with Gasteiger partial charge in [0.15, 0.2) is 0 Å². The molecule has 25 heavy (non-hydrogen) atoms. The van der Waals surface area contributed by atoms with Gasteiger partial charge in [-0.05, 0) is 43.9 Å². The number of carbonyl (C=O) groups is 1. The zero-order chi connectivity index (χ0) is 17.9. The van der Waals surface area contributed by atoms with Crippen LogP contribution in [-0.4, -0.2) is 60.5 Å². The normalized spacial score (nSPS) is 22.8. The van der Waals surface area contributed by atoms with Crippen molar-refractivity contribution < 1.29 is 23.8 Å². The van der Waals surface area contributed by atoms with E-state index < -0.39 is 17.5 Å². The van der Waals surface area contributed by atoms with E-state index in [1.807, 2.05) is 0 Å². The molecule has 0 saturated carbocycles. The Morgan fingerprint density at radius 3 is 2.88 bits per heavy atom. The highest BCUT2D eigenvalue weighted by atomic mass is 19.1. The van der Waals surface area contributed by atoms with Crippen molar-refractivity contribution in [3.05, 3.63) is 29.6 Å². The number of amides is 1. The predicted octanol–water partition coefficient (Wildman–Crippen LogP) is 1.31. The molecular weight excluding hydrogens is 327 g/mol. The van der Waals surface area contributed by atoms with Gasteiger partial charge in [-0.3, -0.25) is 4.79 Å². The monoisotopic (exact) mass is 352 g/mol. The average molecular weight is 352 g/mol. The van der Waals surface area contributed by atoms with Crippen LogP contribution >= 0.6 is 0 Å². The molecule has 3 rings (SSSR count). The van der Waals surface area contributed by atoms with Crippen molar-refractivity contribution in [3.8, 4) is 5.75 Å². The van der Waals surface area contributed by atoms with Gasteiger partial charge >= 0.3 is 0 Å². The second-order valence-electron chi connectivity index (χ2n) is 6.64. The number of piperidine rings is 1. The summed E-state index contributed by atoms with van der Waals surface area (Å²) < 4.78 is 25.0. The lowest BCUT2D eigenvalue weighted by molar-refractivity contribution is -0.174. The molecule has 1 aromatic carbocycles. The molecule has 0 bridgehead atoms. The molecule has 1 unspecified atom stereocenters. The van der Waals surface area contributed by atoms with E-state index in [9.17, 15) is 14.3 Å². The third-order valence-corrected chi connectivity index (χ3v) is 5.06. The third kappa shape index (κ3) is 3.78. The highest BCUT2D eigenvalue weighted by Gasteiger charge is 2.44. The first-order valence-corrected chi connectivity index (χ1v) is 8.79. The second kappa shape index (κ2) is 7.68. The molecule has 2 saturated heterocycles. The molecule has 0 aliphatic carbocycles.